The van der Waals surface area contributed by atoms with Crippen LogP contribution in [0.2, 0.25) is 5.02 Å². The minimum Gasteiger partial charge on any atom is -0.381 e. The van der Waals surface area contributed by atoms with E-state index in [1.54, 1.807) is 0 Å². The smallest absolute Gasteiger partial charge is 0.191 e. The van der Waals surface area contributed by atoms with Crippen LogP contribution in [-0.2, 0) is 14.9 Å². The molecule has 5 nitrogen and oxygen atoms in total. The standard InChI is InChI=1S/C22H34ClN3O2/c1-2-24-21(25-11-4-12-28-16-18-7-8-18)26-17-22(9-13-27-14-10-22)19-5-3-6-20(23)15-19/h3,5-6,15,18H,2,4,7-14,16-17H2,1H3,(H2,24,25,26). The van der Waals surface area contributed by atoms with E-state index in [-0.39, 0.29) is 5.41 Å². The molecule has 1 aliphatic carbocycles. The van der Waals surface area contributed by atoms with Crippen LogP contribution in [-0.4, -0.2) is 52.0 Å². The van der Waals surface area contributed by atoms with Crippen molar-refractivity contribution >= 4 is 17.6 Å². The Bertz CT molecular complexity index is 628. The molecule has 0 spiro atoms. The van der Waals surface area contributed by atoms with Gasteiger partial charge < -0.3 is 20.1 Å². The molecule has 2 aliphatic rings. The Labute approximate surface area is 174 Å². The summed E-state index contributed by atoms with van der Waals surface area (Å²) in [6.45, 7) is 7.81. The second-order valence-electron chi connectivity index (χ2n) is 7.90. The van der Waals surface area contributed by atoms with Crippen molar-refractivity contribution in [2.45, 2.75) is 44.4 Å². The summed E-state index contributed by atoms with van der Waals surface area (Å²) in [5.74, 6) is 1.70. The molecule has 1 saturated heterocycles. The normalized spacial score (nSPS) is 19.4. The van der Waals surface area contributed by atoms with Gasteiger partial charge in [0.25, 0.3) is 0 Å². The van der Waals surface area contributed by atoms with E-state index >= 15 is 0 Å². The van der Waals surface area contributed by atoms with Gasteiger partial charge in [-0.2, -0.15) is 0 Å². The highest BCUT2D eigenvalue weighted by atomic mass is 35.5. The molecular formula is C22H34ClN3O2. The summed E-state index contributed by atoms with van der Waals surface area (Å²) in [6, 6.07) is 8.21. The van der Waals surface area contributed by atoms with Crippen LogP contribution in [0.25, 0.3) is 0 Å². The molecule has 1 aliphatic heterocycles. The number of rotatable bonds is 10. The Balaban J connectivity index is 1.56. The van der Waals surface area contributed by atoms with E-state index in [1.165, 1.54) is 18.4 Å². The van der Waals surface area contributed by atoms with Crippen LogP contribution >= 0.6 is 11.6 Å². The fourth-order valence-corrected chi connectivity index (χ4v) is 3.80. The van der Waals surface area contributed by atoms with E-state index in [9.17, 15) is 0 Å². The van der Waals surface area contributed by atoms with Crippen LogP contribution in [0.1, 0.15) is 44.6 Å². The number of aliphatic imine (C=N–C) groups is 1. The van der Waals surface area contributed by atoms with Crippen molar-refractivity contribution in [2.75, 3.05) is 46.1 Å². The monoisotopic (exact) mass is 407 g/mol. The summed E-state index contributed by atoms with van der Waals surface area (Å²) in [6.07, 6.45) is 5.60. The molecule has 1 heterocycles. The average molecular weight is 408 g/mol. The number of guanidine groups is 1. The largest absolute Gasteiger partial charge is 0.381 e. The van der Waals surface area contributed by atoms with Gasteiger partial charge in [0.05, 0.1) is 6.54 Å². The molecule has 0 atom stereocenters. The predicted molar refractivity (Wildman–Crippen MR) is 115 cm³/mol. The molecule has 0 radical (unpaired) electrons. The molecule has 2 N–H and O–H groups in total. The molecule has 2 fully saturated rings. The maximum Gasteiger partial charge on any atom is 0.191 e. The highest BCUT2D eigenvalue weighted by Gasteiger charge is 2.34. The van der Waals surface area contributed by atoms with Crippen LogP contribution in [0.3, 0.4) is 0 Å². The van der Waals surface area contributed by atoms with E-state index in [4.69, 9.17) is 26.1 Å². The molecule has 28 heavy (non-hydrogen) atoms. The van der Waals surface area contributed by atoms with Gasteiger partial charge in [0.2, 0.25) is 0 Å². The highest BCUT2D eigenvalue weighted by molar-refractivity contribution is 6.30. The molecule has 156 valence electrons. The summed E-state index contributed by atoms with van der Waals surface area (Å²) in [7, 11) is 0. The third-order valence-electron chi connectivity index (χ3n) is 5.58. The zero-order chi connectivity index (χ0) is 19.7. The van der Waals surface area contributed by atoms with Gasteiger partial charge in [0.1, 0.15) is 0 Å². The van der Waals surface area contributed by atoms with Crippen molar-refractivity contribution in [3.05, 3.63) is 34.9 Å². The minimum absolute atomic E-state index is 0.0150. The fourth-order valence-electron chi connectivity index (χ4n) is 3.61. The van der Waals surface area contributed by atoms with Gasteiger partial charge >= 0.3 is 0 Å². The molecule has 1 aromatic rings. The Kier molecular flexibility index (Phi) is 8.44. The Hall–Kier alpha value is -1.30. The van der Waals surface area contributed by atoms with Crippen LogP contribution in [0, 0.1) is 5.92 Å². The van der Waals surface area contributed by atoms with Crippen molar-refractivity contribution in [2.24, 2.45) is 10.9 Å². The van der Waals surface area contributed by atoms with Crippen molar-refractivity contribution in [3.8, 4) is 0 Å². The van der Waals surface area contributed by atoms with Crippen LogP contribution < -0.4 is 10.6 Å². The lowest BCUT2D eigenvalue weighted by molar-refractivity contribution is 0.0531. The molecule has 1 saturated carbocycles. The third-order valence-corrected chi connectivity index (χ3v) is 5.81. The van der Waals surface area contributed by atoms with Crippen molar-refractivity contribution in [3.63, 3.8) is 0 Å². The zero-order valence-electron chi connectivity index (χ0n) is 17.0. The molecule has 0 unspecified atom stereocenters. The molecule has 1 aromatic carbocycles. The lowest BCUT2D eigenvalue weighted by Gasteiger charge is -2.36. The van der Waals surface area contributed by atoms with Gasteiger partial charge in [0, 0.05) is 50.0 Å². The number of hydrogen-bond donors (Lipinski definition) is 2. The molecule has 0 bridgehead atoms. The van der Waals surface area contributed by atoms with Gasteiger partial charge in [0.15, 0.2) is 5.96 Å². The van der Waals surface area contributed by atoms with Gasteiger partial charge in [-0.15, -0.1) is 0 Å². The number of nitrogens with one attached hydrogen (secondary N) is 2. The quantitative estimate of drug-likeness (QED) is 0.352. The first-order chi connectivity index (χ1) is 13.7. The number of nitrogens with zero attached hydrogens (tertiary/aromatic N) is 1. The van der Waals surface area contributed by atoms with Gasteiger partial charge in [-0.05, 0) is 62.6 Å². The van der Waals surface area contributed by atoms with E-state index in [0.717, 1.165) is 82.2 Å². The topological polar surface area (TPSA) is 54.9 Å². The fraction of sp³-hybridized carbons (Fsp3) is 0.682. The van der Waals surface area contributed by atoms with E-state index in [1.807, 2.05) is 12.1 Å². The molecule has 6 heteroatoms. The summed E-state index contributed by atoms with van der Waals surface area (Å²) >= 11 is 6.27. The average Bonchev–Trinajstić information content (AvgIpc) is 3.54. The second kappa shape index (κ2) is 11.0. The van der Waals surface area contributed by atoms with E-state index < -0.39 is 0 Å². The number of benzene rings is 1. The SMILES string of the molecule is CCNC(=NCC1(c2cccc(Cl)c2)CCOCC1)NCCCOCC1CC1. The molecule has 0 amide bonds. The lowest BCUT2D eigenvalue weighted by Crippen LogP contribution is -2.41. The summed E-state index contributed by atoms with van der Waals surface area (Å²) in [5.41, 5.74) is 1.25. The van der Waals surface area contributed by atoms with Gasteiger partial charge in [-0.25, -0.2) is 0 Å². The number of hydrogen-bond acceptors (Lipinski definition) is 3. The summed E-state index contributed by atoms with van der Waals surface area (Å²) < 4.78 is 11.3. The Morgan fingerprint density at radius 1 is 1.29 bits per heavy atom. The second-order valence-corrected chi connectivity index (χ2v) is 8.33. The van der Waals surface area contributed by atoms with Gasteiger partial charge in [-0.3, -0.25) is 4.99 Å². The number of ether oxygens (including phenoxy) is 2. The zero-order valence-corrected chi connectivity index (χ0v) is 17.8. The summed E-state index contributed by atoms with van der Waals surface area (Å²) in [4.78, 5) is 4.93. The molecule has 3 rings (SSSR count). The Morgan fingerprint density at radius 3 is 2.82 bits per heavy atom. The maximum atomic E-state index is 6.27. The van der Waals surface area contributed by atoms with Crippen molar-refractivity contribution < 1.29 is 9.47 Å². The van der Waals surface area contributed by atoms with Crippen molar-refractivity contribution in [1.82, 2.24) is 10.6 Å². The first-order valence-electron chi connectivity index (χ1n) is 10.7. The van der Waals surface area contributed by atoms with Crippen LogP contribution in [0.15, 0.2) is 29.3 Å². The van der Waals surface area contributed by atoms with E-state index in [0.29, 0.717) is 0 Å². The Morgan fingerprint density at radius 2 is 2.11 bits per heavy atom. The first kappa shape index (κ1) is 21.4. The third kappa shape index (κ3) is 6.64. The van der Waals surface area contributed by atoms with Crippen molar-refractivity contribution in [1.29, 1.82) is 0 Å². The molecular weight excluding hydrogens is 374 g/mol. The highest BCUT2D eigenvalue weighted by Crippen LogP contribution is 2.36. The van der Waals surface area contributed by atoms with Crippen LogP contribution in [0.4, 0.5) is 0 Å². The first-order valence-corrected chi connectivity index (χ1v) is 11.0. The van der Waals surface area contributed by atoms with Gasteiger partial charge in [-0.1, -0.05) is 23.7 Å². The summed E-state index contributed by atoms with van der Waals surface area (Å²) in [5, 5.41) is 7.59. The number of halogens is 1. The lowest BCUT2D eigenvalue weighted by atomic mass is 9.74. The maximum absolute atomic E-state index is 6.27. The van der Waals surface area contributed by atoms with Crippen LogP contribution in [0.5, 0.6) is 0 Å². The van der Waals surface area contributed by atoms with E-state index in [2.05, 4.69) is 29.7 Å². The molecule has 0 aromatic heterocycles. The minimum atomic E-state index is -0.0150. The predicted octanol–water partition coefficient (Wildman–Crippen LogP) is 3.76.